The molecule has 1 aromatic carbocycles. The average molecular weight is 216 g/mol. The van der Waals surface area contributed by atoms with Crippen molar-refractivity contribution in [2.45, 2.75) is 31.2 Å². The lowest BCUT2D eigenvalue weighted by Crippen LogP contribution is -2.42. The van der Waals surface area contributed by atoms with E-state index < -0.39 is 6.04 Å². The number of hydrogen-bond acceptors (Lipinski definition) is 2. The van der Waals surface area contributed by atoms with Gasteiger partial charge in [0.05, 0.1) is 6.04 Å². The molecule has 1 amide bonds. The highest BCUT2D eigenvalue weighted by Gasteiger charge is 2.52. The Kier molecular flexibility index (Phi) is 1.89. The summed E-state index contributed by atoms with van der Waals surface area (Å²) in [6, 6.07) is 7.81. The minimum atomic E-state index is -0.415. The molecule has 0 radical (unpaired) electrons. The molecular weight excluding hydrogens is 200 g/mol. The number of para-hydroxylation sites is 1. The van der Waals surface area contributed by atoms with E-state index in [1.165, 1.54) is 18.4 Å². The number of nitrogens with zero attached hydrogens (tertiary/aromatic N) is 1. The molecule has 1 spiro atoms. The van der Waals surface area contributed by atoms with Gasteiger partial charge in [0.15, 0.2) is 0 Å². The van der Waals surface area contributed by atoms with Crippen molar-refractivity contribution < 1.29 is 4.79 Å². The van der Waals surface area contributed by atoms with Crippen LogP contribution in [0, 0.1) is 0 Å². The Hall–Kier alpha value is -1.35. The van der Waals surface area contributed by atoms with E-state index in [0.717, 1.165) is 12.2 Å². The fourth-order valence-electron chi connectivity index (χ4n) is 2.65. The molecule has 3 rings (SSSR count). The molecule has 0 unspecified atom stereocenters. The van der Waals surface area contributed by atoms with Gasteiger partial charge in [-0.2, -0.15) is 0 Å². The van der Waals surface area contributed by atoms with Crippen LogP contribution in [-0.4, -0.2) is 18.5 Å². The lowest BCUT2D eigenvalue weighted by atomic mass is 9.99. The SMILES string of the molecule is C[C@H](N)C(=O)N1CC2(CC2)c2ccccc21. The molecule has 3 heteroatoms. The molecular formula is C13H16N2O. The summed E-state index contributed by atoms with van der Waals surface area (Å²) < 4.78 is 0. The van der Waals surface area contributed by atoms with E-state index >= 15 is 0 Å². The van der Waals surface area contributed by atoms with Crippen molar-refractivity contribution in [3.8, 4) is 0 Å². The maximum atomic E-state index is 12.0. The highest BCUT2D eigenvalue weighted by Crippen LogP contribution is 2.56. The smallest absolute Gasteiger partial charge is 0.243 e. The van der Waals surface area contributed by atoms with Gasteiger partial charge in [-0.25, -0.2) is 0 Å². The van der Waals surface area contributed by atoms with E-state index in [0.29, 0.717) is 0 Å². The molecule has 16 heavy (non-hydrogen) atoms. The van der Waals surface area contributed by atoms with Crippen molar-refractivity contribution in [2.75, 3.05) is 11.4 Å². The van der Waals surface area contributed by atoms with Crippen molar-refractivity contribution in [1.29, 1.82) is 0 Å². The van der Waals surface area contributed by atoms with Crippen LogP contribution in [0.4, 0.5) is 5.69 Å². The summed E-state index contributed by atoms with van der Waals surface area (Å²) in [5.41, 5.74) is 8.36. The van der Waals surface area contributed by atoms with Gasteiger partial charge in [0, 0.05) is 17.6 Å². The molecule has 1 aromatic rings. The number of hydrogen-bond donors (Lipinski definition) is 1. The van der Waals surface area contributed by atoms with Crippen LogP contribution in [0.15, 0.2) is 24.3 Å². The zero-order valence-corrected chi connectivity index (χ0v) is 9.44. The standard InChI is InChI=1S/C13H16N2O/c1-9(14)12(16)15-8-13(6-7-13)10-4-2-3-5-11(10)15/h2-5,9H,6-8,14H2,1H3/t9-/m0/s1. The molecule has 1 fully saturated rings. The summed E-state index contributed by atoms with van der Waals surface area (Å²) in [6.07, 6.45) is 2.40. The normalized spacial score (nSPS) is 22.0. The van der Waals surface area contributed by atoms with Crippen LogP contribution >= 0.6 is 0 Å². The fourth-order valence-corrected chi connectivity index (χ4v) is 2.65. The van der Waals surface area contributed by atoms with Gasteiger partial charge in [-0.05, 0) is 31.4 Å². The summed E-state index contributed by atoms with van der Waals surface area (Å²) >= 11 is 0. The van der Waals surface area contributed by atoms with E-state index in [9.17, 15) is 4.79 Å². The highest BCUT2D eigenvalue weighted by molar-refractivity contribution is 5.99. The second-order valence-corrected chi connectivity index (χ2v) is 5.01. The van der Waals surface area contributed by atoms with Gasteiger partial charge in [-0.3, -0.25) is 4.79 Å². The van der Waals surface area contributed by atoms with E-state index in [1.807, 2.05) is 17.0 Å². The zero-order valence-electron chi connectivity index (χ0n) is 9.44. The van der Waals surface area contributed by atoms with E-state index in [4.69, 9.17) is 5.73 Å². The van der Waals surface area contributed by atoms with Gasteiger partial charge in [-0.15, -0.1) is 0 Å². The Bertz CT molecular complexity index is 449. The summed E-state index contributed by atoms with van der Waals surface area (Å²) in [5, 5.41) is 0. The number of fused-ring (bicyclic) bond motifs is 2. The Balaban J connectivity index is 2.03. The second-order valence-electron chi connectivity index (χ2n) is 5.01. The van der Waals surface area contributed by atoms with Crippen LogP contribution in [0.1, 0.15) is 25.3 Å². The third kappa shape index (κ3) is 1.21. The fraction of sp³-hybridized carbons (Fsp3) is 0.462. The maximum absolute atomic E-state index is 12.0. The Morgan fingerprint density at radius 3 is 2.75 bits per heavy atom. The number of carbonyl (C=O) groups is 1. The molecule has 0 bridgehead atoms. The van der Waals surface area contributed by atoms with E-state index in [-0.39, 0.29) is 11.3 Å². The predicted molar refractivity (Wildman–Crippen MR) is 63.4 cm³/mol. The molecule has 0 aromatic heterocycles. The van der Waals surface area contributed by atoms with Crippen molar-refractivity contribution >= 4 is 11.6 Å². The Morgan fingerprint density at radius 1 is 1.44 bits per heavy atom. The van der Waals surface area contributed by atoms with Gasteiger partial charge < -0.3 is 10.6 Å². The monoisotopic (exact) mass is 216 g/mol. The van der Waals surface area contributed by atoms with Crippen molar-refractivity contribution in [2.24, 2.45) is 5.73 Å². The van der Waals surface area contributed by atoms with Crippen LogP contribution < -0.4 is 10.6 Å². The molecule has 1 heterocycles. The first-order chi connectivity index (χ1) is 7.64. The Labute approximate surface area is 95.2 Å². The van der Waals surface area contributed by atoms with E-state index in [2.05, 4.69) is 12.1 Å². The van der Waals surface area contributed by atoms with Crippen LogP contribution in [0.5, 0.6) is 0 Å². The zero-order chi connectivity index (χ0) is 11.3. The lowest BCUT2D eigenvalue weighted by molar-refractivity contribution is -0.119. The van der Waals surface area contributed by atoms with E-state index in [1.54, 1.807) is 6.92 Å². The number of benzene rings is 1. The molecule has 1 atom stereocenters. The maximum Gasteiger partial charge on any atom is 0.243 e. The van der Waals surface area contributed by atoms with Crippen molar-refractivity contribution in [3.05, 3.63) is 29.8 Å². The van der Waals surface area contributed by atoms with Crippen molar-refractivity contribution in [3.63, 3.8) is 0 Å². The average Bonchev–Trinajstić information content (AvgIpc) is 2.97. The first-order valence-corrected chi connectivity index (χ1v) is 5.80. The number of nitrogens with two attached hydrogens (primary N) is 1. The topological polar surface area (TPSA) is 46.3 Å². The van der Waals surface area contributed by atoms with Crippen LogP contribution in [-0.2, 0) is 10.2 Å². The van der Waals surface area contributed by atoms with Gasteiger partial charge in [0.2, 0.25) is 5.91 Å². The number of anilines is 1. The number of carbonyl (C=O) groups excluding carboxylic acids is 1. The van der Waals surface area contributed by atoms with Crippen LogP contribution in [0.25, 0.3) is 0 Å². The third-order valence-corrected chi connectivity index (χ3v) is 3.74. The molecule has 1 aliphatic heterocycles. The van der Waals surface area contributed by atoms with Gasteiger partial charge in [0.1, 0.15) is 0 Å². The minimum absolute atomic E-state index is 0.0382. The van der Waals surface area contributed by atoms with Crippen molar-refractivity contribution in [1.82, 2.24) is 0 Å². The van der Waals surface area contributed by atoms with Gasteiger partial charge in [0.25, 0.3) is 0 Å². The molecule has 84 valence electrons. The third-order valence-electron chi connectivity index (χ3n) is 3.74. The minimum Gasteiger partial charge on any atom is -0.320 e. The summed E-state index contributed by atoms with van der Waals surface area (Å²) in [6.45, 7) is 2.58. The quantitative estimate of drug-likeness (QED) is 0.771. The molecule has 0 saturated heterocycles. The van der Waals surface area contributed by atoms with Gasteiger partial charge >= 0.3 is 0 Å². The number of amides is 1. The second kappa shape index (κ2) is 3.08. The molecule has 2 N–H and O–H groups in total. The first-order valence-electron chi connectivity index (χ1n) is 5.80. The van der Waals surface area contributed by atoms with Crippen LogP contribution in [0.2, 0.25) is 0 Å². The largest absolute Gasteiger partial charge is 0.320 e. The summed E-state index contributed by atoms with van der Waals surface area (Å²) in [7, 11) is 0. The van der Waals surface area contributed by atoms with Gasteiger partial charge in [-0.1, -0.05) is 18.2 Å². The summed E-state index contributed by atoms with van der Waals surface area (Å²) in [5.74, 6) is 0.0382. The molecule has 3 nitrogen and oxygen atoms in total. The predicted octanol–water partition coefficient (Wildman–Crippen LogP) is 1.41. The summed E-state index contributed by atoms with van der Waals surface area (Å²) in [4.78, 5) is 13.9. The lowest BCUT2D eigenvalue weighted by Gasteiger charge is -2.19. The van der Waals surface area contributed by atoms with Crippen LogP contribution in [0.3, 0.4) is 0 Å². The molecule has 1 aliphatic carbocycles. The highest BCUT2D eigenvalue weighted by atomic mass is 16.2. The molecule has 1 saturated carbocycles. The first kappa shape index (κ1) is 9.85. The Morgan fingerprint density at radius 2 is 2.12 bits per heavy atom. The molecule has 2 aliphatic rings. The number of rotatable bonds is 1.